The first-order chi connectivity index (χ1) is 19.3. The molecule has 0 bridgehead atoms. The maximum absolute atomic E-state index is 13.8. The van der Waals surface area contributed by atoms with E-state index in [1.807, 2.05) is 6.92 Å². The van der Waals surface area contributed by atoms with Gasteiger partial charge in [-0.15, -0.1) is 0 Å². The van der Waals surface area contributed by atoms with E-state index in [0.717, 1.165) is 26.1 Å². The first-order valence-corrected chi connectivity index (χ1v) is 14.2. The van der Waals surface area contributed by atoms with E-state index in [0.29, 0.717) is 35.2 Å². The highest BCUT2D eigenvalue weighted by Gasteiger charge is 2.63. The van der Waals surface area contributed by atoms with Crippen molar-refractivity contribution in [1.82, 2.24) is 9.80 Å². The number of fused-ring (bicyclic) bond motifs is 3. The molecule has 1 aliphatic heterocycles. The molecule has 1 saturated heterocycles. The minimum Gasteiger partial charge on any atom is -0.510 e. The number of ether oxygens (including phenoxy) is 1. The molecular weight excluding hydrogens is 554 g/mol. The first kappa shape index (κ1) is 29.5. The molecule has 1 unspecified atom stereocenters. The molecule has 4 aliphatic rings. The number of carbonyl (C=O) groups is 3. The van der Waals surface area contributed by atoms with Crippen LogP contribution in [0.2, 0.25) is 5.02 Å². The van der Waals surface area contributed by atoms with Gasteiger partial charge in [-0.2, -0.15) is 0 Å². The molecule has 0 aromatic heterocycles. The number of phenols is 1. The van der Waals surface area contributed by atoms with Gasteiger partial charge in [0.15, 0.2) is 11.4 Å². The molecule has 1 fully saturated rings. The Bertz CT molecular complexity index is 1380. The average molecular weight is 590 g/mol. The van der Waals surface area contributed by atoms with Crippen molar-refractivity contribution in [2.45, 2.75) is 44.4 Å². The predicted octanol–water partition coefficient (Wildman–Crippen LogP) is 1.63. The van der Waals surface area contributed by atoms with Crippen molar-refractivity contribution in [3.8, 4) is 5.75 Å². The Morgan fingerprint density at radius 2 is 1.95 bits per heavy atom. The van der Waals surface area contributed by atoms with Crippen LogP contribution in [-0.4, -0.2) is 99.7 Å². The molecule has 0 saturated carbocycles. The van der Waals surface area contributed by atoms with Crippen LogP contribution in [0, 0.1) is 17.8 Å². The number of likely N-dealkylation sites (N-methyl/N-ethyl adjacent to an activating group) is 1. The van der Waals surface area contributed by atoms with Gasteiger partial charge in [0.2, 0.25) is 5.78 Å². The van der Waals surface area contributed by atoms with Crippen molar-refractivity contribution in [1.29, 1.82) is 0 Å². The number of amides is 1. The van der Waals surface area contributed by atoms with Crippen molar-refractivity contribution in [2.75, 3.05) is 40.4 Å². The van der Waals surface area contributed by atoms with Gasteiger partial charge in [-0.1, -0.05) is 18.5 Å². The number of phenolic OH excluding ortho intramolecular Hbond substituents is 1. The molecule has 1 amide bonds. The van der Waals surface area contributed by atoms with Crippen LogP contribution in [0.4, 0.5) is 0 Å². The number of nitrogens with zero attached hydrogens (tertiary/aromatic N) is 2. The fourth-order valence-corrected chi connectivity index (χ4v) is 7.39. The molecular formula is C29H36ClN3O8. The normalized spacial score (nSPS) is 29.7. The molecule has 5 atom stereocenters. The smallest absolute Gasteiger partial charge is 0.255 e. The number of aliphatic hydroxyl groups excluding tert-OH is 2. The Labute approximate surface area is 242 Å². The molecule has 1 heterocycles. The highest BCUT2D eigenvalue weighted by Crippen LogP contribution is 2.53. The third-order valence-corrected chi connectivity index (χ3v) is 9.58. The Morgan fingerprint density at radius 1 is 1.24 bits per heavy atom. The van der Waals surface area contributed by atoms with Crippen LogP contribution in [0.3, 0.4) is 0 Å². The minimum absolute atomic E-state index is 0.00977. The van der Waals surface area contributed by atoms with Gasteiger partial charge in [-0.05, 0) is 68.9 Å². The summed E-state index contributed by atoms with van der Waals surface area (Å²) in [6.45, 7) is 5.48. The van der Waals surface area contributed by atoms with Gasteiger partial charge in [-0.25, -0.2) is 0 Å². The molecule has 1 aromatic carbocycles. The molecule has 5 rings (SSSR count). The summed E-state index contributed by atoms with van der Waals surface area (Å²) < 4.78 is 5.50. The third kappa shape index (κ3) is 4.54. The first-order valence-electron chi connectivity index (χ1n) is 13.8. The van der Waals surface area contributed by atoms with E-state index in [1.54, 1.807) is 14.1 Å². The van der Waals surface area contributed by atoms with E-state index < -0.39 is 58.0 Å². The summed E-state index contributed by atoms with van der Waals surface area (Å²) in [5.74, 6) is -6.45. The number of allylic oxidation sites excluding steroid dienone is 1. The summed E-state index contributed by atoms with van der Waals surface area (Å²) in [7, 11) is 3.18. The Balaban J connectivity index is 1.57. The summed E-state index contributed by atoms with van der Waals surface area (Å²) in [6.07, 6.45) is 1.14. The number of ketones is 2. The second-order valence-corrected chi connectivity index (χ2v) is 12.1. The van der Waals surface area contributed by atoms with E-state index in [-0.39, 0.29) is 29.7 Å². The summed E-state index contributed by atoms with van der Waals surface area (Å²) in [4.78, 5) is 43.0. The topological polar surface area (TPSA) is 174 Å². The third-order valence-electron chi connectivity index (χ3n) is 9.11. The standard InChI is InChI=1S/C29H36ClN3O8/c1-4-33(10-13-5-6-41-12-13)11-15-9-18(34)20-16(22(15)30)7-14-8-17-23(32(2)3)25(36)21(28(31)39)27(38)29(17,40)26(37)19(14)24(20)35/h9,13-14,17,23,34,36-37,40H,4-8,10-12H2,1-3H3,(H2,31,39)/t13?,14-,17-,23-,29-/m0/s1. The molecule has 0 radical (unpaired) electrons. The molecule has 11 nitrogen and oxygen atoms in total. The van der Waals surface area contributed by atoms with Crippen molar-refractivity contribution in [3.63, 3.8) is 0 Å². The summed E-state index contributed by atoms with van der Waals surface area (Å²) in [5, 5.41) is 45.4. The Morgan fingerprint density at radius 3 is 2.54 bits per heavy atom. The number of nitrogens with two attached hydrogens (primary N) is 1. The SMILES string of the molecule is CCN(Cc1cc(O)c2c(c1Cl)C[C@H]1C[C@H]3[C@H](N(C)C)C(O)=C(C(N)=O)C(=O)[C@@]3(O)C(O)=C1C2=O)CC1CCOC1. The number of aromatic hydroxyl groups is 1. The number of Topliss-reactive ketones (excluding diaryl/α,β-unsaturated/α-hetero) is 2. The molecule has 1 aromatic rings. The number of benzene rings is 1. The summed E-state index contributed by atoms with van der Waals surface area (Å²) in [5.41, 5.74) is 2.66. The number of carbonyl (C=O) groups excluding carboxylic acids is 3. The number of primary amides is 1. The fourth-order valence-electron chi connectivity index (χ4n) is 7.11. The Hall–Kier alpha value is -2.96. The molecule has 6 N–H and O–H groups in total. The summed E-state index contributed by atoms with van der Waals surface area (Å²) >= 11 is 6.89. The van der Waals surface area contributed by atoms with Crippen LogP contribution in [0.5, 0.6) is 5.75 Å². The van der Waals surface area contributed by atoms with Crippen molar-refractivity contribution >= 4 is 29.1 Å². The second-order valence-electron chi connectivity index (χ2n) is 11.7. The second kappa shape index (κ2) is 10.7. The van der Waals surface area contributed by atoms with Crippen LogP contribution in [-0.2, 0) is 27.3 Å². The predicted molar refractivity (Wildman–Crippen MR) is 149 cm³/mol. The van der Waals surface area contributed by atoms with Crippen LogP contribution in [0.15, 0.2) is 28.7 Å². The zero-order valence-corrected chi connectivity index (χ0v) is 24.1. The van der Waals surface area contributed by atoms with Gasteiger partial charge in [0.25, 0.3) is 5.91 Å². The van der Waals surface area contributed by atoms with E-state index in [9.17, 15) is 34.8 Å². The molecule has 41 heavy (non-hydrogen) atoms. The van der Waals surface area contributed by atoms with Crippen molar-refractivity contribution in [3.05, 3.63) is 50.4 Å². The lowest BCUT2D eigenvalue weighted by Crippen LogP contribution is -2.63. The Kier molecular flexibility index (Phi) is 7.71. The molecule has 0 spiro atoms. The monoisotopic (exact) mass is 589 g/mol. The van der Waals surface area contributed by atoms with E-state index >= 15 is 0 Å². The van der Waals surface area contributed by atoms with Gasteiger partial charge in [0.05, 0.1) is 18.2 Å². The van der Waals surface area contributed by atoms with Crippen LogP contribution < -0.4 is 5.73 Å². The lowest BCUT2D eigenvalue weighted by molar-refractivity contribution is -0.148. The van der Waals surface area contributed by atoms with Crippen LogP contribution >= 0.6 is 11.6 Å². The number of hydrogen-bond acceptors (Lipinski definition) is 10. The zero-order valence-electron chi connectivity index (χ0n) is 23.3. The van der Waals surface area contributed by atoms with Gasteiger partial charge >= 0.3 is 0 Å². The van der Waals surface area contributed by atoms with Crippen molar-refractivity contribution < 1.29 is 39.5 Å². The fraction of sp³-hybridized carbons (Fsp3) is 0.552. The van der Waals surface area contributed by atoms with Gasteiger partial charge in [0.1, 0.15) is 22.8 Å². The summed E-state index contributed by atoms with van der Waals surface area (Å²) in [6, 6.07) is 0.401. The van der Waals surface area contributed by atoms with Crippen molar-refractivity contribution in [2.24, 2.45) is 23.5 Å². The lowest BCUT2D eigenvalue weighted by Gasteiger charge is -2.50. The zero-order chi connectivity index (χ0) is 30.0. The number of hydrogen-bond donors (Lipinski definition) is 5. The van der Waals surface area contributed by atoms with Gasteiger partial charge in [-0.3, -0.25) is 24.2 Å². The number of rotatable bonds is 7. The van der Waals surface area contributed by atoms with E-state index in [4.69, 9.17) is 22.1 Å². The highest BCUT2D eigenvalue weighted by molar-refractivity contribution is 6.33. The number of halogens is 1. The molecule has 222 valence electrons. The van der Waals surface area contributed by atoms with Gasteiger partial charge in [0, 0.05) is 36.2 Å². The maximum Gasteiger partial charge on any atom is 0.255 e. The molecule has 12 heteroatoms. The lowest BCUT2D eigenvalue weighted by atomic mass is 9.58. The minimum atomic E-state index is -2.67. The van der Waals surface area contributed by atoms with Gasteiger partial charge < -0.3 is 30.9 Å². The average Bonchev–Trinajstić information content (AvgIpc) is 3.41. The molecule has 3 aliphatic carbocycles. The maximum atomic E-state index is 13.8. The highest BCUT2D eigenvalue weighted by atomic mass is 35.5. The van der Waals surface area contributed by atoms with E-state index in [1.165, 1.54) is 11.0 Å². The number of aliphatic hydroxyl groups is 3. The van der Waals surface area contributed by atoms with Crippen LogP contribution in [0.1, 0.15) is 41.3 Å². The van der Waals surface area contributed by atoms with E-state index in [2.05, 4.69) is 4.90 Å². The van der Waals surface area contributed by atoms with Crippen LogP contribution in [0.25, 0.3) is 0 Å². The largest absolute Gasteiger partial charge is 0.510 e. The quantitative estimate of drug-likeness (QED) is 0.294.